The highest BCUT2D eigenvalue weighted by molar-refractivity contribution is 5.79. The van der Waals surface area contributed by atoms with Crippen LogP contribution in [0.2, 0.25) is 0 Å². The van der Waals surface area contributed by atoms with Crippen LogP contribution >= 0.6 is 0 Å². The Labute approximate surface area is 159 Å². The molecule has 0 bridgehead atoms. The van der Waals surface area contributed by atoms with Crippen LogP contribution in [-0.4, -0.2) is 31.6 Å². The molecule has 0 saturated heterocycles. The molecule has 0 aliphatic heterocycles. The average Bonchev–Trinajstić information content (AvgIpc) is 2.70. The monoisotopic (exact) mass is 370 g/mol. The normalized spacial score (nSPS) is 12.3. The molecule has 27 heavy (non-hydrogen) atoms. The number of ether oxygens (including phenoxy) is 1. The second-order valence-corrected chi connectivity index (χ2v) is 6.20. The number of benzene rings is 2. The quantitative estimate of drug-likeness (QED) is 0.321. The minimum absolute atomic E-state index is 0.105. The molecule has 0 aliphatic carbocycles. The summed E-state index contributed by atoms with van der Waals surface area (Å²) in [5.41, 5.74) is 1.98. The lowest BCUT2D eigenvalue weighted by Gasteiger charge is -2.15. The number of nitro benzene ring substituents is 1. The van der Waals surface area contributed by atoms with Crippen LogP contribution in [-0.2, 0) is 6.54 Å². The molecule has 0 fully saturated rings. The van der Waals surface area contributed by atoms with E-state index in [1.807, 2.05) is 12.1 Å². The van der Waals surface area contributed by atoms with Gasteiger partial charge in [0.2, 0.25) is 0 Å². The fourth-order valence-corrected chi connectivity index (χ4v) is 2.74. The lowest BCUT2D eigenvalue weighted by molar-refractivity contribution is -0.385. The van der Waals surface area contributed by atoms with Crippen LogP contribution in [0, 0.1) is 10.1 Å². The van der Waals surface area contributed by atoms with Crippen LogP contribution in [0.4, 0.5) is 5.69 Å². The summed E-state index contributed by atoms with van der Waals surface area (Å²) in [6.07, 6.45) is 0.929. The molecule has 0 radical (unpaired) electrons. The van der Waals surface area contributed by atoms with Crippen molar-refractivity contribution in [1.29, 1.82) is 0 Å². The molecule has 144 valence electrons. The van der Waals surface area contributed by atoms with Crippen molar-refractivity contribution >= 4 is 11.6 Å². The van der Waals surface area contributed by atoms with Crippen molar-refractivity contribution in [3.63, 3.8) is 0 Å². The van der Waals surface area contributed by atoms with Gasteiger partial charge >= 0.3 is 0 Å². The van der Waals surface area contributed by atoms with E-state index in [2.05, 4.69) is 34.7 Å². The summed E-state index contributed by atoms with van der Waals surface area (Å²) in [7, 11) is 3.34. The summed E-state index contributed by atoms with van der Waals surface area (Å²) < 4.78 is 5.18. The highest BCUT2D eigenvalue weighted by Gasteiger charge is 2.12. The van der Waals surface area contributed by atoms with Gasteiger partial charge in [-0.15, -0.1) is 0 Å². The van der Waals surface area contributed by atoms with Gasteiger partial charge in [-0.25, -0.2) is 0 Å². The summed E-state index contributed by atoms with van der Waals surface area (Å²) in [5.74, 6) is 1.86. The maximum absolute atomic E-state index is 11.1. The maximum Gasteiger partial charge on any atom is 0.274 e. The van der Waals surface area contributed by atoms with E-state index in [0.29, 0.717) is 24.0 Å². The first-order valence-corrected chi connectivity index (χ1v) is 8.86. The smallest absolute Gasteiger partial charge is 0.274 e. The van der Waals surface area contributed by atoms with E-state index in [-0.39, 0.29) is 10.6 Å². The first-order valence-electron chi connectivity index (χ1n) is 8.86. The number of nitrogens with zero attached hydrogens (tertiary/aromatic N) is 2. The molecule has 0 aromatic heterocycles. The highest BCUT2D eigenvalue weighted by atomic mass is 16.6. The molecule has 1 unspecified atom stereocenters. The first-order chi connectivity index (χ1) is 13.0. The molecule has 1 atom stereocenters. The second kappa shape index (κ2) is 10.2. The number of guanidine groups is 1. The van der Waals surface area contributed by atoms with Crippen LogP contribution in [0.15, 0.2) is 53.5 Å². The highest BCUT2D eigenvalue weighted by Crippen LogP contribution is 2.21. The zero-order valence-corrected chi connectivity index (χ0v) is 15.9. The minimum Gasteiger partial charge on any atom is -0.497 e. The predicted molar refractivity (Wildman–Crippen MR) is 107 cm³/mol. The Morgan fingerprint density at radius 1 is 1.19 bits per heavy atom. The van der Waals surface area contributed by atoms with Crippen LogP contribution in [0.3, 0.4) is 0 Å². The fourth-order valence-electron chi connectivity index (χ4n) is 2.74. The van der Waals surface area contributed by atoms with E-state index in [4.69, 9.17) is 4.74 Å². The number of hydrogen-bond donors (Lipinski definition) is 2. The molecule has 2 rings (SSSR count). The van der Waals surface area contributed by atoms with Gasteiger partial charge in [-0.1, -0.05) is 37.3 Å². The Kier molecular flexibility index (Phi) is 7.61. The third-order valence-electron chi connectivity index (χ3n) is 4.41. The Morgan fingerprint density at radius 2 is 1.89 bits per heavy atom. The van der Waals surface area contributed by atoms with E-state index in [1.165, 1.54) is 11.6 Å². The van der Waals surface area contributed by atoms with Crippen molar-refractivity contribution in [2.75, 3.05) is 20.7 Å². The van der Waals surface area contributed by atoms with Crippen molar-refractivity contribution < 1.29 is 9.66 Å². The molecule has 2 N–H and O–H groups in total. The van der Waals surface area contributed by atoms with E-state index in [1.54, 1.807) is 32.4 Å². The summed E-state index contributed by atoms with van der Waals surface area (Å²) in [4.78, 5) is 14.9. The molecule has 7 heteroatoms. The number of nitrogens with one attached hydrogen (secondary N) is 2. The standard InChI is InChI=1S/C20H26N4O3/c1-15(16-8-10-18(27-3)11-9-16)12-13-22-20(21-2)23-14-17-6-4-5-7-19(17)24(25)26/h4-11,15H,12-14H2,1-3H3,(H2,21,22,23). The summed E-state index contributed by atoms with van der Waals surface area (Å²) >= 11 is 0. The summed E-state index contributed by atoms with van der Waals surface area (Å²) in [6, 6.07) is 14.8. The number of methoxy groups -OCH3 is 1. The van der Waals surface area contributed by atoms with E-state index < -0.39 is 0 Å². The van der Waals surface area contributed by atoms with Gasteiger partial charge in [-0.3, -0.25) is 15.1 Å². The summed E-state index contributed by atoms with van der Waals surface area (Å²) in [5, 5.41) is 17.5. The molecular weight excluding hydrogens is 344 g/mol. The van der Waals surface area contributed by atoms with Gasteiger partial charge in [0.1, 0.15) is 5.75 Å². The van der Waals surface area contributed by atoms with Crippen molar-refractivity contribution in [3.05, 3.63) is 69.8 Å². The van der Waals surface area contributed by atoms with Crippen LogP contribution in [0.1, 0.15) is 30.4 Å². The van der Waals surface area contributed by atoms with E-state index >= 15 is 0 Å². The molecule has 0 saturated carbocycles. The van der Waals surface area contributed by atoms with Gasteiger partial charge in [0.25, 0.3) is 5.69 Å². The number of hydrogen-bond acceptors (Lipinski definition) is 4. The Balaban J connectivity index is 1.82. The molecule has 7 nitrogen and oxygen atoms in total. The van der Waals surface area contributed by atoms with Crippen LogP contribution < -0.4 is 15.4 Å². The number of rotatable bonds is 8. The van der Waals surface area contributed by atoms with E-state index in [0.717, 1.165) is 18.7 Å². The molecular formula is C20H26N4O3. The van der Waals surface area contributed by atoms with E-state index in [9.17, 15) is 10.1 Å². The van der Waals surface area contributed by atoms with Crippen molar-refractivity contribution in [1.82, 2.24) is 10.6 Å². The molecule has 2 aromatic rings. The van der Waals surface area contributed by atoms with Gasteiger partial charge in [-0.05, 0) is 30.0 Å². The lowest BCUT2D eigenvalue weighted by atomic mass is 9.98. The van der Waals surface area contributed by atoms with Crippen LogP contribution in [0.5, 0.6) is 5.75 Å². The SMILES string of the molecule is CN=C(NCCC(C)c1ccc(OC)cc1)NCc1ccccc1[N+](=O)[O-]. The zero-order valence-electron chi connectivity index (χ0n) is 15.9. The average molecular weight is 370 g/mol. The third-order valence-corrected chi connectivity index (χ3v) is 4.41. The van der Waals surface area contributed by atoms with Crippen molar-refractivity contribution in [3.8, 4) is 5.75 Å². The number of para-hydroxylation sites is 1. The second-order valence-electron chi connectivity index (χ2n) is 6.20. The number of aliphatic imine (C=N–C) groups is 1. The molecule has 0 spiro atoms. The van der Waals surface area contributed by atoms with Gasteiger partial charge in [0.15, 0.2) is 5.96 Å². The Hall–Kier alpha value is -3.09. The molecule has 0 amide bonds. The minimum atomic E-state index is -0.371. The topological polar surface area (TPSA) is 88.8 Å². The van der Waals surface area contributed by atoms with Gasteiger partial charge in [-0.2, -0.15) is 0 Å². The largest absolute Gasteiger partial charge is 0.497 e. The summed E-state index contributed by atoms with van der Waals surface area (Å²) in [6.45, 7) is 3.25. The zero-order chi connectivity index (χ0) is 19.6. The lowest BCUT2D eigenvalue weighted by Crippen LogP contribution is -2.37. The maximum atomic E-state index is 11.1. The fraction of sp³-hybridized carbons (Fsp3) is 0.350. The predicted octanol–water partition coefficient (Wildman–Crippen LogP) is 3.46. The first kappa shape index (κ1) is 20.2. The number of nitro groups is 1. The molecule has 0 aliphatic rings. The van der Waals surface area contributed by atoms with Crippen molar-refractivity contribution in [2.45, 2.75) is 25.8 Å². The van der Waals surface area contributed by atoms with Gasteiger partial charge < -0.3 is 15.4 Å². The van der Waals surface area contributed by atoms with Crippen LogP contribution in [0.25, 0.3) is 0 Å². The van der Waals surface area contributed by atoms with Gasteiger partial charge in [0.05, 0.1) is 12.0 Å². The Bertz CT molecular complexity index is 775. The molecule has 0 heterocycles. The Morgan fingerprint density at radius 3 is 2.52 bits per heavy atom. The third kappa shape index (κ3) is 5.99. The molecule has 2 aromatic carbocycles. The van der Waals surface area contributed by atoms with Crippen molar-refractivity contribution in [2.24, 2.45) is 4.99 Å². The van der Waals surface area contributed by atoms with Gasteiger partial charge in [0, 0.05) is 31.8 Å².